The zero-order valence-corrected chi connectivity index (χ0v) is 12.2. The molecular weight excluding hydrogens is 257 g/mol. The summed E-state index contributed by atoms with van der Waals surface area (Å²) in [5.74, 6) is -0.210. The van der Waals surface area contributed by atoms with E-state index in [1.165, 1.54) is 6.07 Å². The number of nitrogens with zero attached hydrogens (tertiary/aromatic N) is 2. The molecular formula is C15H22FN3O. The number of nitrogens with one attached hydrogen (secondary N) is 1. The molecule has 1 aliphatic rings. The number of likely N-dealkylation sites (tertiary alicyclic amines) is 1. The highest BCUT2D eigenvalue weighted by Gasteiger charge is 2.21. The average molecular weight is 279 g/mol. The molecule has 110 valence electrons. The molecule has 4 nitrogen and oxygen atoms in total. The third kappa shape index (κ3) is 3.28. The predicted octanol–water partition coefficient (Wildman–Crippen LogP) is 1.60. The van der Waals surface area contributed by atoms with Crippen LogP contribution in [0.4, 0.5) is 10.1 Å². The van der Waals surface area contributed by atoms with E-state index in [0.29, 0.717) is 12.2 Å². The molecule has 1 aromatic carbocycles. The smallest absolute Gasteiger partial charge is 0.242 e. The molecule has 1 aromatic rings. The molecule has 1 aliphatic heterocycles. The molecule has 0 bridgehead atoms. The van der Waals surface area contributed by atoms with Crippen molar-refractivity contribution in [2.75, 3.05) is 38.6 Å². The number of para-hydroxylation sites is 1. The van der Waals surface area contributed by atoms with Crippen molar-refractivity contribution >= 4 is 11.6 Å². The van der Waals surface area contributed by atoms with Gasteiger partial charge in [0.15, 0.2) is 0 Å². The molecule has 1 heterocycles. The van der Waals surface area contributed by atoms with E-state index in [4.69, 9.17) is 0 Å². The number of anilines is 1. The van der Waals surface area contributed by atoms with Gasteiger partial charge in [0, 0.05) is 26.7 Å². The minimum absolute atomic E-state index is 0.0728. The fourth-order valence-electron chi connectivity index (χ4n) is 2.67. The van der Waals surface area contributed by atoms with Crippen LogP contribution in [0.25, 0.3) is 0 Å². The van der Waals surface area contributed by atoms with Gasteiger partial charge in [0.1, 0.15) is 5.82 Å². The largest absolute Gasteiger partial charge is 0.363 e. The maximum atomic E-state index is 14.1. The number of rotatable bonds is 5. The van der Waals surface area contributed by atoms with Crippen molar-refractivity contribution in [3.63, 3.8) is 0 Å². The lowest BCUT2D eigenvalue weighted by atomic mass is 10.1. The number of hydrogen-bond donors (Lipinski definition) is 1. The van der Waals surface area contributed by atoms with Gasteiger partial charge in [-0.05, 0) is 31.5 Å². The lowest BCUT2D eigenvalue weighted by Crippen LogP contribution is -2.38. The van der Waals surface area contributed by atoms with E-state index in [9.17, 15) is 9.18 Å². The maximum absolute atomic E-state index is 14.1. The van der Waals surface area contributed by atoms with Crippen molar-refractivity contribution < 1.29 is 9.18 Å². The van der Waals surface area contributed by atoms with Gasteiger partial charge < -0.3 is 15.1 Å². The third-order valence-corrected chi connectivity index (χ3v) is 3.65. The van der Waals surface area contributed by atoms with Crippen LogP contribution < -0.4 is 10.2 Å². The molecule has 20 heavy (non-hydrogen) atoms. The van der Waals surface area contributed by atoms with Crippen LogP contribution in [-0.4, -0.2) is 44.5 Å². The number of likely N-dealkylation sites (N-methyl/N-ethyl adjacent to an activating group) is 1. The summed E-state index contributed by atoms with van der Waals surface area (Å²) >= 11 is 0. The van der Waals surface area contributed by atoms with Gasteiger partial charge in [-0.25, -0.2) is 4.39 Å². The first-order chi connectivity index (χ1) is 9.63. The highest BCUT2D eigenvalue weighted by molar-refractivity contribution is 5.82. The zero-order valence-electron chi connectivity index (χ0n) is 12.2. The Balaban J connectivity index is 2.11. The summed E-state index contributed by atoms with van der Waals surface area (Å²) in [4.78, 5) is 15.7. The molecule has 0 saturated carbocycles. The van der Waals surface area contributed by atoms with Crippen molar-refractivity contribution in [1.29, 1.82) is 0 Å². The Morgan fingerprint density at radius 1 is 1.40 bits per heavy atom. The summed E-state index contributed by atoms with van der Waals surface area (Å²) in [7, 11) is 3.59. The molecule has 0 aromatic heterocycles. The predicted molar refractivity (Wildman–Crippen MR) is 78.2 cm³/mol. The first-order valence-corrected chi connectivity index (χ1v) is 7.04. The van der Waals surface area contributed by atoms with E-state index >= 15 is 0 Å². The fourth-order valence-corrected chi connectivity index (χ4v) is 2.67. The second-order valence-corrected chi connectivity index (χ2v) is 5.22. The monoisotopic (exact) mass is 279 g/mol. The summed E-state index contributed by atoms with van der Waals surface area (Å²) in [5, 5.41) is 3.03. The average Bonchev–Trinajstić information content (AvgIpc) is 2.93. The van der Waals surface area contributed by atoms with Crippen molar-refractivity contribution in [2.45, 2.75) is 19.4 Å². The molecule has 5 heteroatoms. The molecule has 0 aliphatic carbocycles. The van der Waals surface area contributed by atoms with Crippen molar-refractivity contribution in [2.24, 2.45) is 0 Å². The van der Waals surface area contributed by atoms with Crippen LogP contribution in [-0.2, 0) is 11.3 Å². The highest BCUT2D eigenvalue weighted by atomic mass is 19.1. The van der Waals surface area contributed by atoms with Crippen LogP contribution in [0.15, 0.2) is 18.2 Å². The van der Waals surface area contributed by atoms with E-state index in [1.54, 1.807) is 18.0 Å². The lowest BCUT2D eigenvalue weighted by molar-refractivity contribution is -0.128. The Labute approximate surface area is 119 Å². The Bertz CT molecular complexity index is 472. The van der Waals surface area contributed by atoms with E-state index < -0.39 is 0 Å². The van der Waals surface area contributed by atoms with Crippen molar-refractivity contribution in [1.82, 2.24) is 10.2 Å². The van der Waals surface area contributed by atoms with Crippen LogP contribution >= 0.6 is 0 Å². The van der Waals surface area contributed by atoms with Crippen LogP contribution in [0.2, 0.25) is 0 Å². The molecule has 2 rings (SSSR count). The van der Waals surface area contributed by atoms with Gasteiger partial charge in [-0.2, -0.15) is 0 Å². The van der Waals surface area contributed by atoms with Crippen LogP contribution in [0, 0.1) is 5.82 Å². The number of carbonyl (C=O) groups is 1. The first-order valence-electron chi connectivity index (χ1n) is 7.04. The van der Waals surface area contributed by atoms with Crippen LogP contribution in [0.5, 0.6) is 0 Å². The van der Waals surface area contributed by atoms with Crippen LogP contribution in [0.3, 0.4) is 0 Å². The topological polar surface area (TPSA) is 35.6 Å². The Morgan fingerprint density at radius 3 is 2.75 bits per heavy atom. The molecule has 1 saturated heterocycles. The molecule has 1 amide bonds. The number of halogens is 1. The summed E-state index contributed by atoms with van der Waals surface area (Å²) in [6.45, 7) is 2.45. The van der Waals surface area contributed by atoms with E-state index in [-0.39, 0.29) is 18.3 Å². The Morgan fingerprint density at radius 2 is 2.10 bits per heavy atom. The Kier molecular flexibility index (Phi) is 4.95. The normalized spacial score (nSPS) is 14.7. The SMILES string of the molecule is CNCc1cccc(F)c1N(C)CC(=O)N1CCCC1. The standard InChI is InChI=1S/C15H22FN3O/c1-17-10-12-6-5-7-13(16)15(12)18(2)11-14(20)19-8-3-4-9-19/h5-7,17H,3-4,8-11H2,1-2H3. The van der Waals surface area contributed by atoms with E-state index in [1.807, 2.05) is 18.0 Å². The van der Waals surface area contributed by atoms with Gasteiger partial charge in [0.2, 0.25) is 5.91 Å². The second-order valence-electron chi connectivity index (χ2n) is 5.22. The van der Waals surface area contributed by atoms with Crippen molar-refractivity contribution in [3.05, 3.63) is 29.6 Å². The molecule has 1 N–H and O–H groups in total. The molecule has 0 radical (unpaired) electrons. The third-order valence-electron chi connectivity index (χ3n) is 3.65. The second kappa shape index (κ2) is 6.70. The summed E-state index contributed by atoms with van der Waals surface area (Å²) in [6.07, 6.45) is 2.14. The number of carbonyl (C=O) groups excluding carboxylic acids is 1. The molecule has 0 unspecified atom stereocenters. The fraction of sp³-hybridized carbons (Fsp3) is 0.533. The molecule has 0 spiro atoms. The maximum Gasteiger partial charge on any atom is 0.242 e. The van der Waals surface area contributed by atoms with Gasteiger partial charge >= 0.3 is 0 Å². The highest BCUT2D eigenvalue weighted by Crippen LogP contribution is 2.23. The summed E-state index contributed by atoms with van der Waals surface area (Å²) in [6, 6.07) is 5.01. The molecule has 0 atom stereocenters. The van der Waals surface area contributed by atoms with Crippen molar-refractivity contribution in [3.8, 4) is 0 Å². The minimum Gasteiger partial charge on any atom is -0.363 e. The Hall–Kier alpha value is -1.62. The number of amides is 1. The first kappa shape index (κ1) is 14.8. The van der Waals surface area contributed by atoms with Gasteiger partial charge in [-0.15, -0.1) is 0 Å². The number of hydrogen-bond acceptors (Lipinski definition) is 3. The van der Waals surface area contributed by atoms with Gasteiger partial charge in [-0.1, -0.05) is 12.1 Å². The van der Waals surface area contributed by atoms with Crippen LogP contribution in [0.1, 0.15) is 18.4 Å². The van der Waals surface area contributed by atoms with Gasteiger partial charge in [0.05, 0.1) is 12.2 Å². The van der Waals surface area contributed by atoms with E-state index in [2.05, 4.69) is 5.32 Å². The van der Waals surface area contributed by atoms with Gasteiger partial charge in [-0.3, -0.25) is 4.79 Å². The lowest BCUT2D eigenvalue weighted by Gasteiger charge is -2.25. The quantitative estimate of drug-likeness (QED) is 0.889. The summed E-state index contributed by atoms with van der Waals surface area (Å²) in [5.41, 5.74) is 1.37. The zero-order chi connectivity index (χ0) is 14.5. The molecule has 1 fully saturated rings. The summed E-state index contributed by atoms with van der Waals surface area (Å²) < 4.78 is 14.1. The minimum atomic E-state index is -0.283. The van der Waals surface area contributed by atoms with E-state index in [0.717, 1.165) is 31.5 Å². The number of benzene rings is 1. The van der Waals surface area contributed by atoms with Gasteiger partial charge in [0.25, 0.3) is 0 Å².